The third kappa shape index (κ3) is 1.90. The van der Waals surface area contributed by atoms with Gasteiger partial charge in [0.15, 0.2) is 11.6 Å². The van der Waals surface area contributed by atoms with Crippen molar-refractivity contribution in [3.63, 3.8) is 0 Å². The Morgan fingerprint density at radius 1 is 1.36 bits per heavy atom. The SMILES string of the molecule is CC(=O)C1=CC(N)=C(C(C)=O)CC1N. The van der Waals surface area contributed by atoms with Crippen LogP contribution in [-0.2, 0) is 9.59 Å². The molecule has 76 valence electrons. The van der Waals surface area contributed by atoms with E-state index in [1.54, 1.807) is 0 Å². The largest absolute Gasteiger partial charge is 0.398 e. The molecule has 0 fully saturated rings. The number of nitrogens with two attached hydrogens (primary N) is 2. The molecule has 1 atom stereocenters. The van der Waals surface area contributed by atoms with Crippen LogP contribution in [-0.4, -0.2) is 17.6 Å². The van der Waals surface area contributed by atoms with Gasteiger partial charge >= 0.3 is 0 Å². The maximum Gasteiger partial charge on any atom is 0.157 e. The molecule has 0 saturated carbocycles. The summed E-state index contributed by atoms with van der Waals surface area (Å²) in [4.78, 5) is 22.2. The molecule has 1 aliphatic carbocycles. The molecule has 0 aromatic heterocycles. The van der Waals surface area contributed by atoms with Gasteiger partial charge in [0, 0.05) is 22.9 Å². The van der Waals surface area contributed by atoms with E-state index in [0.29, 0.717) is 23.3 Å². The van der Waals surface area contributed by atoms with Crippen LogP contribution in [0.25, 0.3) is 0 Å². The fourth-order valence-corrected chi connectivity index (χ4v) is 1.52. The van der Waals surface area contributed by atoms with Crippen LogP contribution in [0, 0.1) is 0 Å². The summed E-state index contributed by atoms with van der Waals surface area (Å²) in [7, 11) is 0. The van der Waals surface area contributed by atoms with Gasteiger partial charge in [0.1, 0.15) is 0 Å². The Hall–Kier alpha value is -1.42. The second-order valence-corrected chi connectivity index (χ2v) is 3.46. The van der Waals surface area contributed by atoms with Crippen molar-refractivity contribution in [1.82, 2.24) is 0 Å². The minimum absolute atomic E-state index is 0.0863. The highest BCUT2D eigenvalue weighted by molar-refractivity contribution is 5.99. The van der Waals surface area contributed by atoms with E-state index in [1.807, 2.05) is 0 Å². The van der Waals surface area contributed by atoms with Crippen LogP contribution in [0.3, 0.4) is 0 Å². The fourth-order valence-electron chi connectivity index (χ4n) is 1.52. The zero-order valence-corrected chi connectivity index (χ0v) is 8.33. The Kier molecular flexibility index (Phi) is 2.86. The third-order valence-electron chi connectivity index (χ3n) is 2.31. The Morgan fingerprint density at radius 2 is 1.93 bits per heavy atom. The lowest BCUT2D eigenvalue weighted by Gasteiger charge is -2.20. The van der Waals surface area contributed by atoms with Crippen LogP contribution in [0.4, 0.5) is 0 Å². The highest BCUT2D eigenvalue weighted by Gasteiger charge is 2.23. The summed E-state index contributed by atoms with van der Waals surface area (Å²) in [5, 5.41) is 0. The van der Waals surface area contributed by atoms with E-state index in [1.165, 1.54) is 19.9 Å². The van der Waals surface area contributed by atoms with Gasteiger partial charge in [-0.05, 0) is 26.3 Å². The lowest BCUT2D eigenvalue weighted by molar-refractivity contribution is -0.115. The first-order chi connectivity index (χ1) is 6.43. The molecular formula is C10H14N2O2. The smallest absolute Gasteiger partial charge is 0.157 e. The van der Waals surface area contributed by atoms with E-state index in [4.69, 9.17) is 11.5 Å². The zero-order chi connectivity index (χ0) is 10.9. The van der Waals surface area contributed by atoms with Crippen LogP contribution in [0.15, 0.2) is 22.9 Å². The molecule has 14 heavy (non-hydrogen) atoms. The number of rotatable bonds is 2. The van der Waals surface area contributed by atoms with Gasteiger partial charge < -0.3 is 11.5 Å². The number of hydrogen-bond donors (Lipinski definition) is 2. The monoisotopic (exact) mass is 194 g/mol. The molecule has 0 aromatic rings. The topological polar surface area (TPSA) is 86.2 Å². The maximum atomic E-state index is 11.1. The summed E-state index contributed by atoms with van der Waals surface area (Å²) in [5.74, 6) is -0.181. The standard InChI is InChI=1S/C10H14N2O2/c1-5(13)7-3-10(12)8(6(2)14)4-9(7)11/h3,9H,4,11-12H2,1-2H3. The summed E-state index contributed by atoms with van der Waals surface area (Å²) in [5.41, 5.74) is 12.8. The molecule has 4 heteroatoms. The van der Waals surface area contributed by atoms with Gasteiger partial charge in [-0.3, -0.25) is 9.59 Å². The van der Waals surface area contributed by atoms with Crippen molar-refractivity contribution in [2.75, 3.05) is 0 Å². The van der Waals surface area contributed by atoms with Gasteiger partial charge in [0.25, 0.3) is 0 Å². The molecule has 0 heterocycles. The van der Waals surface area contributed by atoms with E-state index in [-0.39, 0.29) is 11.6 Å². The second kappa shape index (κ2) is 3.75. The lowest BCUT2D eigenvalue weighted by Crippen LogP contribution is -2.32. The summed E-state index contributed by atoms with van der Waals surface area (Å²) in [6, 6.07) is -0.404. The minimum Gasteiger partial charge on any atom is -0.398 e. The zero-order valence-electron chi connectivity index (χ0n) is 8.33. The van der Waals surface area contributed by atoms with Crippen molar-refractivity contribution in [3.05, 3.63) is 22.9 Å². The summed E-state index contributed by atoms with van der Waals surface area (Å²) < 4.78 is 0. The van der Waals surface area contributed by atoms with Crippen LogP contribution in [0.5, 0.6) is 0 Å². The van der Waals surface area contributed by atoms with Crippen LogP contribution in [0.2, 0.25) is 0 Å². The Balaban J connectivity index is 3.12. The van der Waals surface area contributed by atoms with Gasteiger partial charge in [-0.2, -0.15) is 0 Å². The lowest BCUT2D eigenvalue weighted by atomic mass is 9.88. The molecule has 0 bridgehead atoms. The second-order valence-electron chi connectivity index (χ2n) is 3.46. The van der Waals surface area contributed by atoms with Crippen molar-refractivity contribution in [1.29, 1.82) is 0 Å². The number of carbonyl (C=O) groups is 2. The molecule has 0 radical (unpaired) electrons. The van der Waals surface area contributed by atoms with E-state index < -0.39 is 6.04 Å². The molecule has 4 nitrogen and oxygen atoms in total. The molecule has 0 spiro atoms. The molecule has 0 aliphatic heterocycles. The van der Waals surface area contributed by atoms with Crippen molar-refractivity contribution < 1.29 is 9.59 Å². The number of hydrogen-bond acceptors (Lipinski definition) is 4. The summed E-state index contributed by atoms with van der Waals surface area (Å²) in [6.07, 6.45) is 1.86. The first kappa shape index (κ1) is 10.7. The molecule has 1 aliphatic rings. The molecular weight excluding hydrogens is 180 g/mol. The normalized spacial score (nSPS) is 21.9. The van der Waals surface area contributed by atoms with Crippen molar-refractivity contribution >= 4 is 11.6 Å². The minimum atomic E-state index is -0.404. The first-order valence-corrected chi connectivity index (χ1v) is 4.41. The predicted molar refractivity (Wildman–Crippen MR) is 53.3 cm³/mol. The summed E-state index contributed by atoms with van der Waals surface area (Å²) >= 11 is 0. The number of Topliss-reactive ketones (excluding diaryl/α,β-unsaturated/α-hetero) is 2. The van der Waals surface area contributed by atoms with Gasteiger partial charge in [0.2, 0.25) is 0 Å². The molecule has 0 saturated heterocycles. The van der Waals surface area contributed by atoms with Crippen LogP contribution < -0.4 is 11.5 Å². The molecule has 0 aromatic carbocycles. The molecule has 1 unspecified atom stereocenters. The predicted octanol–water partition coefficient (Wildman–Crippen LogP) is 0.0346. The molecule has 1 rings (SSSR count). The van der Waals surface area contributed by atoms with E-state index in [2.05, 4.69) is 0 Å². The quantitative estimate of drug-likeness (QED) is 0.649. The van der Waals surface area contributed by atoms with Gasteiger partial charge in [0.05, 0.1) is 0 Å². The number of ketones is 2. The van der Waals surface area contributed by atoms with Crippen molar-refractivity contribution in [2.24, 2.45) is 11.5 Å². The highest BCUT2D eigenvalue weighted by Crippen LogP contribution is 2.21. The average molecular weight is 194 g/mol. The number of allylic oxidation sites excluding steroid dienone is 1. The summed E-state index contributed by atoms with van der Waals surface area (Å²) in [6.45, 7) is 2.89. The van der Waals surface area contributed by atoms with Gasteiger partial charge in [-0.25, -0.2) is 0 Å². The van der Waals surface area contributed by atoms with Crippen LogP contribution >= 0.6 is 0 Å². The number of carbonyl (C=O) groups excluding carboxylic acids is 2. The average Bonchev–Trinajstić information content (AvgIpc) is 2.07. The highest BCUT2D eigenvalue weighted by atomic mass is 16.1. The Morgan fingerprint density at radius 3 is 2.36 bits per heavy atom. The van der Waals surface area contributed by atoms with Gasteiger partial charge in [-0.15, -0.1) is 0 Å². The first-order valence-electron chi connectivity index (χ1n) is 4.41. The van der Waals surface area contributed by atoms with E-state index >= 15 is 0 Å². The van der Waals surface area contributed by atoms with Gasteiger partial charge in [-0.1, -0.05) is 0 Å². The Bertz CT molecular complexity index is 353. The Labute approximate surface area is 82.6 Å². The maximum absolute atomic E-state index is 11.1. The van der Waals surface area contributed by atoms with Crippen molar-refractivity contribution in [3.8, 4) is 0 Å². The van der Waals surface area contributed by atoms with E-state index in [0.717, 1.165) is 0 Å². The van der Waals surface area contributed by atoms with Crippen LogP contribution in [0.1, 0.15) is 20.3 Å². The van der Waals surface area contributed by atoms with Crippen molar-refractivity contribution in [2.45, 2.75) is 26.3 Å². The third-order valence-corrected chi connectivity index (χ3v) is 2.31. The molecule has 0 amide bonds. The fraction of sp³-hybridized carbons (Fsp3) is 0.400. The van der Waals surface area contributed by atoms with E-state index in [9.17, 15) is 9.59 Å². The molecule has 4 N–H and O–H groups in total.